The number of ether oxygens (including phenoxy) is 1. The molecule has 250 valence electrons. The largest absolute Gasteiger partial charge is 0.480 e. The van der Waals surface area contributed by atoms with E-state index in [0.29, 0.717) is 44.4 Å². The lowest BCUT2D eigenvalue weighted by Gasteiger charge is -2.37. The van der Waals surface area contributed by atoms with Gasteiger partial charge in [-0.1, -0.05) is 60.7 Å². The number of aromatic amines is 1. The number of carbonyl (C=O) groups is 2. The van der Waals surface area contributed by atoms with E-state index in [4.69, 9.17) is 4.74 Å². The van der Waals surface area contributed by atoms with Crippen molar-refractivity contribution in [1.29, 1.82) is 0 Å². The predicted octanol–water partition coefficient (Wildman–Crippen LogP) is 5.25. The lowest BCUT2D eigenvalue weighted by Crippen LogP contribution is -2.51. The number of anilines is 1. The number of H-pyrrole nitrogens is 1. The maximum absolute atomic E-state index is 14.1. The van der Waals surface area contributed by atoms with Gasteiger partial charge in [0.1, 0.15) is 5.75 Å². The van der Waals surface area contributed by atoms with Gasteiger partial charge in [-0.25, -0.2) is 0 Å². The zero-order valence-corrected chi connectivity index (χ0v) is 27.8. The fourth-order valence-electron chi connectivity index (χ4n) is 6.98. The van der Waals surface area contributed by atoms with Crippen LogP contribution in [0.25, 0.3) is 11.1 Å². The summed E-state index contributed by atoms with van der Waals surface area (Å²) >= 11 is 0. The van der Waals surface area contributed by atoms with Crippen LogP contribution >= 0.6 is 0 Å². The van der Waals surface area contributed by atoms with Gasteiger partial charge in [-0.15, -0.1) is 0 Å². The van der Waals surface area contributed by atoms with Crippen LogP contribution in [0.15, 0.2) is 91.3 Å². The summed E-state index contributed by atoms with van der Waals surface area (Å²) in [6, 6.07) is 27.0. The highest BCUT2D eigenvalue weighted by Gasteiger charge is 2.37. The third kappa shape index (κ3) is 7.73. The van der Waals surface area contributed by atoms with E-state index in [9.17, 15) is 9.59 Å². The second kappa shape index (κ2) is 14.6. The Morgan fingerprint density at radius 3 is 2.42 bits per heavy atom. The minimum absolute atomic E-state index is 0.0391. The Labute approximate surface area is 283 Å². The van der Waals surface area contributed by atoms with Crippen molar-refractivity contribution in [3.63, 3.8) is 0 Å². The molecule has 1 N–H and O–H groups in total. The van der Waals surface area contributed by atoms with Crippen LogP contribution in [-0.2, 0) is 22.6 Å². The molecule has 0 radical (unpaired) electrons. The first-order valence-corrected chi connectivity index (χ1v) is 17.4. The fraction of sp³-hybridized carbons (Fsp3) is 0.410. The number of hydrogen-bond donors (Lipinski definition) is 1. The van der Waals surface area contributed by atoms with Gasteiger partial charge in [-0.2, -0.15) is 5.10 Å². The van der Waals surface area contributed by atoms with Gasteiger partial charge < -0.3 is 24.3 Å². The van der Waals surface area contributed by atoms with Crippen LogP contribution in [0.3, 0.4) is 0 Å². The van der Waals surface area contributed by atoms with Crippen molar-refractivity contribution in [2.45, 2.75) is 50.8 Å². The summed E-state index contributed by atoms with van der Waals surface area (Å²) in [6.45, 7) is 5.36. The van der Waals surface area contributed by atoms with Gasteiger partial charge in [0.25, 0.3) is 5.91 Å². The number of piperazine rings is 1. The van der Waals surface area contributed by atoms with Crippen LogP contribution in [0.4, 0.5) is 5.69 Å². The number of nitrogens with zero attached hydrogens (tertiary/aromatic N) is 5. The number of carbonyl (C=O) groups excluding carboxylic acids is 2. The van der Waals surface area contributed by atoms with Gasteiger partial charge in [-0.05, 0) is 61.6 Å². The van der Waals surface area contributed by atoms with Crippen molar-refractivity contribution in [2.24, 2.45) is 5.92 Å². The highest BCUT2D eigenvalue weighted by Crippen LogP contribution is 2.33. The molecule has 1 saturated carbocycles. The topological polar surface area (TPSA) is 85.0 Å². The first kappa shape index (κ1) is 31.9. The maximum Gasteiger partial charge on any atom is 0.264 e. The minimum atomic E-state index is -0.609. The van der Waals surface area contributed by atoms with Crippen LogP contribution in [-0.4, -0.2) is 95.2 Å². The van der Waals surface area contributed by atoms with Gasteiger partial charge in [0, 0.05) is 81.8 Å². The normalized spacial score (nSPS) is 19.1. The average Bonchev–Trinajstić information content (AvgIpc) is 3.83. The van der Waals surface area contributed by atoms with Crippen LogP contribution < -0.4 is 9.64 Å². The summed E-state index contributed by atoms with van der Waals surface area (Å²) in [4.78, 5) is 36.5. The van der Waals surface area contributed by atoms with Crippen molar-refractivity contribution in [1.82, 2.24) is 24.9 Å². The molecule has 0 bridgehead atoms. The number of hydrogen-bond acceptors (Lipinski definition) is 6. The Morgan fingerprint density at radius 2 is 1.69 bits per heavy atom. The molecule has 2 atom stereocenters. The molecule has 3 aliphatic rings. The van der Waals surface area contributed by atoms with E-state index < -0.39 is 6.10 Å². The van der Waals surface area contributed by atoms with E-state index in [0.717, 1.165) is 73.3 Å². The number of aromatic nitrogens is 2. The lowest BCUT2D eigenvalue weighted by atomic mass is 9.95. The highest BCUT2D eigenvalue weighted by molar-refractivity contribution is 5.82. The summed E-state index contributed by atoms with van der Waals surface area (Å²) < 4.78 is 6.53. The standard InChI is InChI=1S/C39H46N6O3/c1-42-19-21-43(22-20-42)39(47)37(23-29-7-3-2-4-8-29)48-36-11-5-10-35(24-36)44-18-6-9-32(28-44)38(46)45(34-16-17-34)27-30-12-14-31(15-13-30)33-25-40-41-26-33/h2-5,7-8,10-15,24-26,32,34,37H,6,9,16-23,27-28H2,1H3,(H,40,41)/t32-,37?/m1/s1. The van der Waals surface area contributed by atoms with Gasteiger partial charge in [-0.3, -0.25) is 14.7 Å². The number of benzene rings is 3. The molecule has 4 aromatic rings. The Hall–Kier alpha value is -4.63. The molecule has 3 heterocycles. The molecule has 2 saturated heterocycles. The second-order valence-electron chi connectivity index (χ2n) is 13.6. The fourth-order valence-corrected chi connectivity index (χ4v) is 6.98. The molecule has 3 fully saturated rings. The number of likely N-dealkylation sites (N-methyl/N-ethyl adjacent to an activating group) is 1. The Balaban J connectivity index is 1.02. The minimum Gasteiger partial charge on any atom is -0.480 e. The molecule has 3 aromatic carbocycles. The number of piperidine rings is 1. The van der Waals surface area contributed by atoms with E-state index >= 15 is 0 Å². The Kier molecular flexibility index (Phi) is 9.75. The zero-order chi connectivity index (χ0) is 32.9. The molecule has 2 aliphatic heterocycles. The van der Waals surface area contributed by atoms with Crippen LogP contribution in [0.5, 0.6) is 5.75 Å². The Morgan fingerprint density at radius 1 is 0.896 bits per heavy atom. The molecule has 48 heavy (non-hydrogen) atoms. The van der Waals surface area contributed by atoms with Crippen molar-refractivity contribution in [3.05, 3.63) is 102 Å². The molecule has 9 heteroatoms. The van der Waals surface area contributed by atoms with Gasteiger partial charge in [0.2, 0.25) is 5.91 Å². The van der Waals surface area contributed by atoms with Crippen molar-refractivity contribution < 1.29 is 14.3 Å². The number of amides is 2. The molecule has 1 unspecified atom stereocenters. The van der Waals surface area contributed by atoms with Crippen LogP contribution in [0, 0.1) is 5.92 Å². The SMILES string of the molecule is CN1CCN(C(=O)C(Cc2ccccc2)Oc2cccc(N3CCC[C@@H](C(=O)N(Cc4ccc(-c5cn[nH]c5)cc4)C4CC4)C3)c2)CC1. The quantitative estimate of drug-likeness (QED) is 0.240. The zero-order valence-electron chi connectivity index (χ0n) is 27.8. The second-order valence-corrected chi connectivity index (χ2v) is 13.6. The Bertz CT molecular complexity index is 1650. The van der Waals surface area contributed by atoms with Crippen molar-refractivity contribution in [3.8, 4) is 16.9 Å². The summed E-state index contributed by atoms with van der Waals surface area (Å²) in [5.74, 6) is 0.924. The summed E-state index contributed by atoms with van der Waals surface area (Å²) in [7, 11) is 2.09. The predicted molar refractivity (Wildman–Crippen MR) is 188 cm³/mol. The van der Waals surface area contributed by atoms with Gasteiger partial charge in [0.15, 0.2) is 6.10 Å². The first-order valence-electron chi connectivity index (χ1n) is 17.4. The highest BCUT2D eigenvalue weighted by atomic mass is 16.5. The molecule has 1 aromatic heterocycles. The molecule has 7 rings (SSSR count). The van der Waals surface area contributed by atoms with Gasteiger partial charge >= 0.3 is 0 Å². The lowest BCUT2D eigenvalue weighted by molar-refractivity contribution is -0.140. The molecular weight excluding hydrogens is 600 g/mol. The average molecular weight is 647 g/mol. The third-order valence-corrected chi connectivity index (χ3v) is 10.00. The van der Waals surface area contributed by atoms with Crippen LogP contribution in [0.2, 0.25) is 0 Å². The summed E-state index contributed by atoms with van der Waals surface area (Å²) in [5, 5.41) is 6.93. The first-order chi connectivity index (χ1) is 23.5. The number of rotatable bonds is 11. The monoisotopic (exact) mass is 646 g/mol. The number of nitrogens with one attached hydrogen (secondary N) is 1. The van der Waals surface area contributed by atoms with E-state index in [-0.39, 0.29) is 17.7 Å². The van der Waals surface area contributed by atoms with E-state index in [1.54, 1.807) is 0 Å². The van der Waals surface area contributed by atoms with E-state index in [1.807, 2.05) is 53.7 Å². The third-order valence-electron chi connectivity index (χ3n) is 10.00. The van der Waals surface area contributed by atoms with Crippen LogP contribution in [0.1, 0.15) is 36.8 Å². The van der Waals surface area contributed by atoms with Crippen molar-refractivity contribution >= 4 is 17.5 Å². The molecule has 0 spiro atoms. The summed E-state index contributed by atoms with van der Waals surface area (Å²) in [6.07, 6.45) is 7.62. The summed E-state index contributed by atoms with van der Waals surface area (Å²) in [5.41, 5.74) is 5.43. The van der Waals surface area contributed by atoms with Crippen molar-refractivity contribution in [2.75, 3.05) is 51.2 Å². The molecule has 9 nitrogen and oxygen atoms in total. The smallest absolute Gasteiger partial charge is 0.264 e. The van der Waals surface area contributed by atoms with Gasteiger partial charge in [0.05, 0.1) is 12.1 Å². The van der Waals surface area contributed by atoms with E-state index in [1.165, 1.54) is 0 Å². The maximum atomic E-state index is 14.1. The molecule has 1 aliphatic carbocycles. The molecule has 2 amide bonds. The van der Waals surface area contributed by atoms with E-state index in [2.05, 4.69) is 74.4 Å². The molecular formula is C39H46N6O3.